The first-order valence-electron chi connectivity index (χ1n) is 12.6. The number of hydrogen-bond donors (Lipinski definition) is 1. The standard InChI is InChI=1S/C26H33FN4O2/c1-16-5-8-21-23(31(16)26(32)17-6-7-17)10-9-20(25(21)33-19-3-2-4-19)18-13-29-30(15-18)24-14-28-12-11-22(24)27/h9-10,13,15-17,19,22,24,28H,2-8,11-12,14H2,1H3/t16-,22+,24-/m0/s1. The highest BCUT2D eigenvalue weighted by Crippen LogP contribution is 2.46. The molecule has 0 radical (unpaired) electrons. The van der Waals surface area contributed by atoms with E-state index in [0.29, 0.717) is 19.5 Å². The minimum absolute atomic E-state index is 0.185. The number of aromatic nitrogens is 2. The lowest BCUT2D eigenvalue weighted by Gasteiger charge is -2.38. The first-order chi connectivity index (χ1) is 16.1. The molecular weight excluding hydrogens is 419 g/mol. The number of anilines is 1. The molecule has 6 rings (SSSR count). The first kappa shape index (κ1) is 21.1. The van der Waals surface area contributed by atoms with Gasteiger partial charge in [0.05, 0.1) is 24.0 Å². The summed E-state index contributed by atoms with van der Waals surface area (Å²) in [7, 11) is 0. The fraction of sp³-hybridized carbons (Fsp3) is 0.615. The molecule has 0 spiro atoms. The lowest BCUT2D eigenvalue weighted by molar-refractivity contribution is -0.120. The maximum atomic E-state index is 14.5. The van der Waals surface area contributed by atoms with E-state index in [0.717, 1.165) is 66.7 Å². The van der Waals surface area contributed by atoms with Gasteiger partial charge in [-0.05, 0) is 77.0 Å². The molecule has 176 valence electrons. The maximum absolute atomic E-state index is 14.5. The van der Waals surface area contributed by atoms with Crippen LogP contribution >= 0.6 is 0 Å². The fourth-order valence-electron chi connectivity index (χ4n) is 5.41. The van der Waals surface area contributed by atoms with Crippen molar-refractivity contribution < 1.29 is 13.9 Å². The normalized spacial score (nSPS) is 27.7. The fourth-order valence-corrected chi connectivity index (χ4v) is 5.41. The second-order valence-electron chi connectivity index (χ2n) is 10.3. The van der Waals surface area contributed by atoms with Crippen molar-refractivity contribution in [2.45, 2.75) is 82.6 Å². The predicted octanol–water partition coefficient (Wildman–Crippen LogP) is 4.43. The number of carbonyl (C=O) groups excluding carboxylic acids is 1. The molecule has 4 aliphatic rings. The molecule has 0 bridgehead atoms. The monoisotopic (exact) mass is 452 g/mol. The Morgan fingerprint density at radius 2 is 2.03 bits per heavy atom. The van der Waals surface area contributed by atoms with Gasteiger partial charge in [-0.2, -0.15) is 5.10 Å². The molecule has 2 saturated carbocycles. The molecule has 1 N–H and O–H groups in total. The van der Waals surface area contributed by atoms with Crippen molar-refractivity contribution in [3.05, 3.63) is 30.1 Å². The molecule has 1 aromatic carbocycles. The van der Waals surface area contributed by atoms with Gasteiger partial charge in [-0.25, -0.2) is 4.39 Å². The summed E-state index contributed by atoms with van der Waals surface area (Å²) in [5.74, 6) is 1.35. The molecule has 3 heterocycles. The smallest absolute Gasteiger partial charge is 0.230 e. The van der Waals surface area contributed by atoms with E-state index in [2.05, 4.69) is 29.5 Å². The zero-order valence-corrected chi connectivity index (χ0v) is 19.3. The number of benzene rings is 1. The molecule has 0 unspecified atom stereocenters. The average molecular weight is 453 g/mol. The Morgan fingerprint density at radius 1 is 1.18 bits per heavy atom. The molecule has 2 aromatic rings. The molecule has 1 aromatic heterocycles. The van der Waals surface area contributed by atoms with E-state index in [1.165, 1.54) is 6.42 Å². The van der Waals surface area contributed by atoms with Crippen molar-refractivity contribution >= 4 is 11.6 Å². The van der Waals surface area contributed by atoms with Gasteiger partial charge in [-0.3, -0.25) is 9.48 Å². The highest BCUT2D eigenvalue weighted by molar-refractivity contribution is 5.99. The zero-order chi connectivity index (χ0) is 22.5. The van der Waals surface area contributed by atoms with Crippen LogP contribution in [-0.2, 0) is 11.2 Å². The number of halogens is 1. The summed E-state index contributed by atoms with van der Waals surface area (Å²) in [5.41, 5.74) is 4.10. The van der Waals surface area contributed by atoms with E-state index in [1.807, 2.05) is 17.3 Å². The third kappa shape index (κ3) is 3.84. The number of piperidine rings is 1. The van der Waals surface area contributed by atoms with Crippen LogP contribution in [0.25, 0.3) is 11.1 Å². The Balaban J connectivity index is 1.39. The molecule has 2 aliphatic heterocycles. The highest BCUT2D eigenvalue weighted by atomic mass is 19.1. The third-order valence-electron chi connectivity index (χ3n) is 7.87. The second-order valence-corrected chi connectivity index (χ2v) is 10.3. The van der Waals surface area contributed by atoms with Crippen molar-refractivity contribution in [1.82, 2.24) is 15.1 Å². The summed E-state index contributed by atoms with van der Waals surface area (Å²) < 4.78 is 22.9. The number of fused-ring (bicyclic) bond motifs is 1. The Labute approximate surface area is 194 Å². The van der Waals surface area contributed by atoms with Crippen LogP contribution in [0.1, 0.15) is 63.5 Å². The molecule has 3 atom stereocenters. The summed E-state index contributed by atoms with van der Waals surface area (Å²) in [6.45, 7) is 3.46. The predicted molar refractivity (Wildman–Crippen MR) is 125 cm³/mol. The number of rotatable bonds is 5. The second kappa shape index (κ2) is 8.42. The highest BCUT2D eigenvalue weighted by Gasteiger charge is 2.39. The van der Waals surface area contributed by atoms with E-state index in [4.69, 9.17) is 4.74 Å². The van der Waals surface area contributed by atoms with Gasteiger partial charge in [0, 0.05) is 41.4 Å². The van der Waals surface area contributed by atoms with Gasteiger partial charge in [-0.15, -0.1) is 0 Å². The van der Waals surface area contributed by atoms with E-state index in [-0.39, 0.29) is 30.0 Å². The number of alkyl halides is 1. The summed E-state index contributed by atoms with van der Waals surface area (Å²) >= 11 is 0. The van der Waals surface area contributed by atoms with Crippen LogP contribution in [0.5, 0.6) is 5.75 Å². The third-order valence-corrected chi connectivity index (χ3v) is 7.87. The molecule has 1 saturated heterocycles. The van der Waals surface area contributed by atoms with E-state index in [9.17, 15) is 9.18 Å². The molecule has 6 nitrogen and oxygen atoms in total. The topological polar surface area (TPSA) is 59.4 Å². The molecule has 1 amide bonds. The number of hydrogen-bond acceptors (Lipinski definition) is 4. The summed E-state index contributed by atoms with van der Waals surface area (Å²) in [6, 6.07) is 4.08. The molecule has 33 heavy (non-hydrogen) atoms. The largest absolute Gasteiger partial charge is 0.489 e. The van der Waals surface area contributed by atoms with Gasteiger partial charge >= 0.3 is 0 Å². The van der Waals surface area contributed by atoms with E-state index >= 15 is 0 Å². The van der Waals surface area contributed by atoms with Crippen molar-refractivity contribution in [2.24, 2.45) is 5.92 Å². The van der Waals surface area contributed by atoms with Crippen molar-refractivity contribution in [2.75, 3.05) is 18.0 Å². The molecule has 3 fully saturated rings. The quantitative estimate of drug-likeness (QED) is 0.729. The van der Waals surface area contributed by atoms with Crippen molar-refractivity contribution in [1.29, 1.82) is 0 Å². The summed E-state index contributed by atoms with van der Waals surface area (Å²) in [4.78, 5) is 15.2. The van der Waals surface area contributed by atoms with E-state index < -0.39 is 6.17 Å². The van der Waals surface area contributed by atoms with Gasteiger partial charge in [-0.1, -0.05) is 0 Å². The number of nitrogens with one attached hydrogen (secondary N) is 1. The number of ether oxygens (including phenoxy) is 1. The van der Waals surface area contributed by atoms with Crippen LogP contribution in [0.2, 0.25) is 0 Å². The summed E-state index contributed by atoms with van der Waals surface area (Å²) in [5, 5.41) is 7.81. The van der Waals surface area contributed by atoms with Gasteiger partial charge < -0.3 is 15.0 Å². The Kier molecular flexibility index (Phi) is 5.40. The molecular formula is C26H33FN4O2. The Morgan fingerprint density at radius 3 is 2.76 bits per heavy atom. The van der Waals surface area contributed by atoms with Crippen LogP contribution in [-0.4, -0.2) is 47.1 Å². The number of carbonyl (C=O) groups is 1. The van der Waals surface area contributed by atoms with Crippen LogP contribution in [0.15, 0.2) is 24.5 Å². The zero-order valence-electron chi connectivity index (χ0n) is 19.3. The van der Waals surface area contributed by atoms with Crippen molar-refractivity contribution in [3.63, 3.8) is 0 Å². The van der Waals surface area contributed by atoms with Crippen LogP contribution < -0.4 is 15.0 Å². The van der Waals surface area contributed by atoms with Gasteiger partial charge in [0.2, 0.25) is 5.91 Å². The van der Waals surface area contributed by atoms with Gasteiger partial charge in [0.25, 0.3) is 0 Å². The molecule has 2 aliphatic carbocycles. The SMILES string of the molecule is C[C@H]1CCc2c(ccc(-c3cnn([C@H]4CNCC[C@H]4F)c3)c2OC2CCC2)N1C(=O)C1CC1. The minimum atomic E-state index is -0.892. The van der Waals surface area contributed by atoms with E-state index in [1.54, 1.807) is 4.68 Å². The molecule has 7 heteroatoms. The average Bonchev–Trinajstić information content (AvgIpc) is 3.53. The van der Waals surface area contributed by atoms with Crippen LogP contribution in [0.3, 0.4) is 0 Å². The minimum Gasteiger partial charge on any atom is -0.489 e. The van der Waals surface area contributed by atoms with Crippen LogP contribution in [0.4, 0.5) is 10.1 Å². The Hall–Kier alpha value is -2.41. The lowest BCUT2D eigenvalue weighted by Crippen LogP contribution is -2.43. The van der Waals surface area contributed by atoms with Crippen LogP contribution in [0, 0.1) is 5.92 Å². The van der Waals surface area contributed by atoms with Crippen molar-refractivity contribution in [3.8, 4) is 16.9 Å². The lowest BCUT2D eigenvalue weighted by atomic mass is 9.91. The number of nitrogens with zero attached hydrogens (tertiary/aromatic N) is 3. The van der Waals surface area contributed by atoms with Gasteiger partial charge in [0.15, 0.2) is 0 Å². The first-order valence-corrected chi connectivity index (χ1v) is 12.6. The van der Waals surface area contributed by atoms with Gasteiger partial charge in [0.1, 0.15) is 11.9 Å². The number of amides is 1. The summed E-state index contributed by atoms with van der Waals surface area (Å²) in [6.07, 6.45) is 10.8. The maximum Gasteiger partial charge on any atom is 0.230 e. The Bertz CT molecular complexity index is 1040.